The van der Waals surface area contributed by atoms with Crippen LogP contribution in [-0.2, 0) is 7.05 Å². The van der Waals surface area contributed by atoms with Crippen molar-refractivity contribution in [1.29, 1.82) is 0 Å². The Balaban J connectivity index is 1.53. The van der Waals surface area contributed by atoms with E-state index in [0.29, 0.717) is 12.0 Å². The lowest BCUT2D eigenvalue weighted by Crippen LogP contribution is -2.43. The first-order valence-electron chi connectivity index (χ1n) is 7.97. The highest BCUT2D eigenvalue weighted by Gasteiger charge is 2.38. The zero-order valence-electron chi connectivity index (χ0n) is 12.8. The maximum Gasteiger partial charge on any atom is 0.268 e. The van der Waals surface area contributed by atoms with Crippen LogP contribution in [0, 0.1) is 5.92 Å². The summed E-state index contributed by atoms with van der Waals surface area (Å²) >= 11 is 0. The lowest BCUT2D eigenvalue weighted by molar-refractivity contribution is 0.0916. The lowest BCUT2D eigenvalue weighted by atomic mass is 10.00. The average molecular weight is 295 g/mol. The largest absolute Gasteiger partial charge is 0.346 e. The third-order valence-corrected chi connectivity index (χ3v) is 5.07. The van der Waals surface area contributed by atoms with Crippen LogP contribution >= 0.6 is 0 Å². The smallest absolute Gasteiger partial charge is 0.268 e. The molecule has 1 aromatic carbocycles. The summed E-state index contributed by atoms with van der Waals surface area (Å²) in [6, 6.07) is 14.4. The molecule has 3 heterocycles. The summed E-state index contributed by atoms with van der Waals surface area (Å²) in [5, 5.41) is 3.23. The van der Waals surface area contributed by atoms with Gasteiger partial charge in [-0.15, -0.1) is 0 Å². The molecule has 1 aromatic heterocycles. The number of piperidine rings is 1. The van der Waals surface area contributed by atoms with E-state index in [1.165, 1.54) is 13.0 Å². The van der Waals surface area contributed by atoms with Crippen LogP contribution in [0.2, 0.25) is 0 Å². The molecule has 2 saturated heterocycles. The molecule has 0 aliphatic carbocycles. The van der Waals surface area contributed by atoms with Gasteiger partial charge in [-0.25, -0.2) is 0 Å². The van der Waals surface area contributed by atoms with Gasteiger partial charge in [0.25, 0.3) is 5.91 Å². The van der Waals surface area contributed by atoms with Gasteiger partial charge in [-0.3, -0.25) is 4.79 Å². The van der Waals surface area contributed by atoms with Crippen LogP contribution in [0.1, 0.15) is 16.9 Å². The lowest BCUT2D eigenvalue weighted by Gasteiger charge is -2.23. The number of rotatable bonds is 3. The van der Waals surface area contributed by atoms with Crippen LogP contribution in [0.4, 0.5) is 0 Å². The Morgan fingerprint density at radius 1 is 1.14 bits per heavy atom. The molecular formula is C18H21N3O. The van der Waals surface area contributed by atoms with E-state index in [1.54, 1.807) is 0 Å². The number of nitrogens with one attached hydrogen (secondary N) is 1. The van der Waals surface area contributed by atoms with E-state index in [-0.39, 0.29) is 5.91 Å². The SMILES string of the molecule is Cn1c(C(=O)N[C@H]2CN3CC[C@@H]2C3)ccc1-c1ccccc1. The summed E-state index contributed by atoms with van der Waals surface area (Å²) in [6.07, 6.45) is 1.22. The zero-order chi connectivity index (χ0) is 15.1. The Kier molecular flexibility index (Phi) is 3.26. The molecule has 2 aromatic rings. The van der Waals surface area contributed by atoms with Crippen molar-refractivity contribution in [2.75, 3.05) is 19.6 Å². The van der Waals surface area contributed by atoms with Gasteiger partial charge in [-0.1, -0.05) is 30.3 Å². The predicted molar refractivity (Wildman–Crippen MR) is 86.7 cm³/mol. The fraction of sp³-hybridized carbons (Fsp3) is 0.389. The highest BCUT2D eigenvalue weighted by atomic mass is 16.2. The van der Waals surface area contributed by atoms with Gasteiger partial charge in [0.15, 0.2) is 0 Å². The monoisotopic (exact) mass is 295 g/mol. The van der Waals surface area contributed by atoms with E-state index >= 15 is 0 Å². The van der Waals surface area contributed by atoms with E-state index in [0.717, 1.165) is 30.0 Å². The minimum absolute atomic E-state index is 0.0448. The Hall–Kier alpha value is -2.07. The third kappa shape index (κ3) is 2.24. The second-order valence-electron chi connectivity index (χ2n) is 6.42. The van der Waals surface area contributed by atoms with Crippen LogP contribution in [-0.4, -0.2) is 41.1 Å². The van der Waals surface area contributed by atoms with E-state index in [9.17, 15) is 4.79 Å². The number of carbonyl (C=O) groups excluding carboxylic acids is 1. The fourth-order valence-corrected chi connectivity index (χ4v) is 3.83. The minimum Gasteiger partial charge on any atom is -0.346 e. The summed E-state index contributed by atoms with van der Waals surface area (Å²) in [4.78, 5) is 15.0. The summed E-state index contributed by atoms with van der Waals surface area (Å²) < 4.78 is 1.98. The molecule has 4 rings (SSSR count). The van der Waals surface area contributed by atoms with Crippen LogP contribution in [0.25, 0.3) is 11.3 Å². The topological polar surface area (TPSA) is 37.3 Å². The molecule has 0 saturated carbocycles. The van der Waals surface area contributed by atoms with Gasteiger partial charge in [0, 0.05) is 31.9 Å². The van der Waals surface area contributed by atoms with Gasteiger partial charge in [0.05, 0.1) is 0 Å². The van der Waals surface area contributed by atoms with Gasteiger partial charge in [0.2, 0.25) is 0 Å². The van der Waals surface area contributed by atoms with Crippen molar-refractivity contribution < 1.29 is 4.79 Å². The molecule has 2 aliphatic heterocycles. The summed E-state index contributed by atoms with van der Waals surface area (Å²) in [7, 11) is 1.96. The predicted octanol–water partition coefficient (Wildman–Crippen LogP) is 2.13. The van der Waals surface area contributed by atoms with Crippen LogP contribution < -0.4 is 5.32 Å². The first-order valence-corrected chi connectivity index (χ1v) is 7.97. The van der Waals surface area contributed by atoms with E-state index < -0.39 is 0 Å². The standard InChI is InChI=1S/C18H21N3O/c1-20-16(13-5-3-2-4-6-13)7-8-17(20)18(22)19-15-12-21-10-9-14(15)11-21/h2-8,14-15H,9-12H2,1H3,(H,19,22)/t14-,15+/m1/s1. The molecular weight excluding hydrogens is 274 g/mol. The van der Waals surface area contributed by atoms with Crippen LogP contribution in [0.5, 0.6) is 0 Å². The highest BCUT2D eigenvalue weighted by molar-refractivity contribution is 5.94. The summed E-state index contributed by atoms with van der Waals surface area (Å²) in [6.45, 7) is 3.35. The molecule has 114 valence electrons. The molecule has 4 nitrogen and oxygen atoms in total. The summed E-state index contributed by atoms with van der Waals surface area (Å²) in [5.41, 5.74) is 2.94. The number of amides is 1. The van der Waals surface area contributed by atoms with Crippen molar-refractivity contribution in [2.45, 2.75) is 12.5 Å². The molecule has 4 heteroatoms. The molecule has 2 bridgehead atoms. The number of hydrogen-bond donors (Lipinski definition) is 1. The highest BCUT2D eigenvalue weighted by Crippen LogP contribution is 2.28. The molecule has 0 spiro atoms. The second kappa shape index (κ2) is 5.29. The van der Waals surface area contributed by atoms with E-state index in [1.807, 2.05) is 41.9 Å². The second-order valence-corrected chi connectivity index (χ2v) is 6.42. The summed E-state index contributed by atoms with van der Waals surface area (Å²) in [5.74, 6) is 0.682. The molecule has 22 heavy (non-hydrogen) atoms. The van der Waals surface area contributed by atoms with Crippen molar-refractivity contribution in [2.24, 2.45) is 13.0 Å². The van der Waals surface area contributed by atoms with Gasteiger partial charge in [-0.2, -0.15) is 0 Å². The Morgan fingerprint density at radius 3 is 2.64 bits per heavy atom. The molecule has 1 unspecified atom stereocenters. The average Bonchev–Trinajstić information content (AvgIpc) is 3.23. The third-order valence-electron chi connectivity index (χ3n) is 5.07. The van der Waals surface area contributed by atoms with Crippen LogP contribution in [0.15, 0.2) is 42.5 Å². The van der Waals surface area contributed by atoms with E-state index in [4.69, 9.17) is 0 Å². The number of fused-ring (bicyclic) bond motifs is 2. The van der Waals surface area contributed by atoms with Crippen molar-refractivity contribution in [1.82, 2.24) is 14.8 Å². The van der Waals surface area contributed by atoms with Gasteiger partial charge in [0.1, 0.15) is 5.69 Å². The number of benzene rings is 1. The van der Waals surface area contributed by atoms with Crippen molar-refractivity contribution in [3.05, 3.63) is 48.2 Å². The fourth-order valence-electron chi connectivity index (χ4n) is 3.83. The minimum atomic E-state index is 0.0448. The Labute approximate surface area is 130 Å². The quantitative estimate of drug-likeness (QED) is 0.942. The van der Waals surface area contributed by atoms with Crippen LogP contribution in [0.3, 0.4) is 0 Å². The zero-order valence-corrected chi connectivity index (χ0v) is 12.8. The Morgan fingerprint density at radius 2 is 1.95 bits per heavy atom. The molecule has 3 atom stereocenters. The van der Waals surface area contributed by atoms with Crippen molar-refractivity contribution >= 4 is 5.91 Å². The molecule has 2 fully saturated rings. The van der Waals surface area contributed by atoms with Crippen molar-refractivity contribution in [3.63, 3.8) is 0 Å². The Bertz CT molecular complexity index is 692. The molecule has 1 N–H and O–H groups in total. The normalized spacial score (nSPS) is 26.3. The van der Waals surface area contributed by atoms with E-state index in [2.05, 4.69) is 22.3 Å². The molecule has 1 amide bonds. The van der Waals surface area contributed by atoms with Gasteiger partial charge in [-0.05, 0) is 36.6 Å². The maximum absolute atomic E-state index is 12.6. The van der Waals surface area contributed by atoms with Crippen molar-refractivity contribution in [3.8, 4) is 11.3 Å². The molecule has 0 radical (unpaired) electrons. The maximum atomic E-state index is 12.6. The number of aromatic nitrogens is 1. The van der Waals surface area contributed by atoms with Gasteiger partial charge >= 0.3 is 0 Å². The first kappa shape index (κ1) is 13.6. The first-order chi connectivity index (χ1) is 10.7. The number of carbonyl (C=O) groups is 1. The molecule has 2 aliphatic rings. The van der Waals surface area contributed by atoms with Gasteiger partial charge < -0.3 is 14.8 Å². The number of hydrogen-bond acceptors (Lipinski definition) is 2. The number of nitrogens with zero attached hydrogens (tertiary/aromatic N) is 2.